The molecule has 3 aromatic rings. The Kier molecular flexibility index (Phi) is 5.60. The molecule has 1 heterocycles. The summed E-state index contributed by atoms with van der Waals surface area (Å²) in [4.78, 5) is 12.6. The van der Waals surface area contributed by atoms with Crippen LogP contribution in [0.2, 0.25) is 0 Å². The average Bonchev–Trinajstić information content (AvgIpc) is 3.53. The SMILES string of the molecule is Cc1cccc(-c2nnc(SCC(=O)N[C@@](C)(C#N)C3CC3)n2-c2ccccc2)c1. The summed E-state index contributed by atoms with van der Waals surface area (Å²) >= 11 is 1.32. The van der Waals surface area contributed by atoms with E-state index in [4.69, 9.17) is 0 Å². The fourth-order valence-corrected chi connectivity index (χ4v) is 4.23. The number of nitrogens with one attached hydrogen (secondary N) is 1. The zero-order valence-corrected chi connectivity index (χ0v) is 17.8. The van der Waals surface area contributed by atoms with Gasteiger partial charge in [-0.15, -0.1) is 10.2 Å². The fraction of sp³-hybridized carbons (Fsp3) is 0.304. The molecule has 30 heavy (non-hydrogen) atoms. The normalized spacial score (nSPS) is 15.2. The first-order valence-corrected chi connectivity index (χ1v) is 10.9. The average molecular weight is 418 g/mol. The maximum absolute atomic E-state index is 12.6. The zero-order valence-electron chi connectivity index (χ0n) is 17.0. The summed E-state index contributed by atoms with van der Waals surface area (Å²) in [6.45, 7) is 3.84. The molecule has 0 spiro atoms. The zero-order chi connectivity index (χ0) is 21.1. The number of hydrogen-bond donors (Lipinski definition) is 1. The fourth-order valence-electron chi connectivity index (χ4n) is 3.48. The molecular weight excluding hydrogens is 394 g/mol. The Bertz CT molecular complexity index is 1100. The summed E-state index contributed by atoms with van der Waals surface area (Å²) in [6.07, 6.45) is 1.97. The first-order chi connectivity index (χ1) is 14.5. The van der Waals surface area contributed by atoms with Crippen LogP contribution in [-0.4, -0.2) is 32.0 Å². The number of hydrogen-bond acceptors (Lipinski definition) is 5. The van der Waals surface area contributed by atoms with Gasteiger partial charge in [-0.25, -0.2) is 0 Å². The number of nitrogens with zero attached hydrogens (tertiary/aromatic N) is 4. The van der Waals surface area contributed by atoms with Crippen molar-refractivity contribution in [3.05, 3.63) is 60.2 Å². The van der Waals surface area contributed by atoms with Crippen molar-refractivity contribution in [2.45, 2.75) is 37.4 Å². The van der Waals surface area contributed by atoms with Crippen molar-refractivity contribution >= 4 is 17.7 Å². The minimum Gasteiger partial charge on any atom is -0.337 e. The predicted octanol–water partition coefficient (Wildman–Crippen LogP) is 4.14. The van der Waals surface area contributed by atoms with Crippen LogP contribution in [-0.2, 0) is 4.79 Å². The number of amides is 1. The van der Waals surface area contributed by atoms with Gasteiger partial charge in [-0.3, -0.25) is 9.36 Å². The molecule has 1 aliphatic rings. The Labute approximate surface area is 180 Å². The van der Waals surface area contributed by atoms with Crippen molar-refractivity contribution in [1.29, 1.82) is 5.26 Å². The van der Waals surface area contributed by atoms with Crippen LogP contribution in [0.4, 0.5) is 0 Å². The molecule has 0 unspecified atom stereocenters. The van der Waals surface area contributed by atoms with Crippen molar-refractivity contribution in [2.24, 2.45) is 5.92 Å². The van der Waals surface area contributed by atoms with Crippen LogP contribution in [0.5, 0.6) is 0 Å². The minimum absolute atomic E-state index is 0.169. The molecule has 2 aromatic carbocycles. The van der Waals surface area contributed by atoms with Gasteiger partial charge in [0.1, 0.15) is 5.54 Å². The van der Waals surface area contributed by atoms with Crippen molar-refractivity contribution < 1.29 is 4.79 Å². The van der Waals surface area contributed by atoms with Crippen LogP contribution in [0, 0.1) is 24.2 Å². The van der Waals surface area contributed by atoms with E-state index in [1.165, 1.54) is 11.8 Å². The van der Waals surface area contributed by atoms with E-state index in [-0.39, 0.29) is 17.6 Å². The molecule has 7 heteroatoms. The second kappa shape index (κ2) is 8.33. The highest BCUT2D eigenvalue weighted by atomic mass is 32.2. The lowest BCUT2D eigenvalue weighted by atomic mass is 9.98. The molecule has 1 aromatic heterocycles. The maximum Gasteiger partial charge on any atom is 0.231 e. The van der Waals surface area contributed by atoms with Crippen molar-refractivity contribution in [3.63, 3.8) is 0 Å². The van der Waals surface area contributed by atoms with Crippen molar-refractivity contribution in [2.75, 3.05) is 5.75 Å². The number of thioether (sulfide) groups is 1. The Hall–Kier alpha value is -3.11. The van der Waals surface area contributed by atoms with Crippen LogP contribution >= 0.6 is 11.8 Å². The van der Waals surface area contributed by atoms with Gasteiger partial charge in [0, 0.05) is 11.3 Å². The largest absolute Gasteiger partial charge is 0.337 e. The van der Waals surface area contributed by atoms with Crippen LogP contribution in [0.3, 0.4) is 0 Å². The molecule has 1 saturated carbocycles. The number of rotatable bonds is 7. The van der Waals surface area contributed by atoms with Gasteiger partial charge in [0.2, 0.25) is 5.91 Å². The lowest BCUT2D eigenvalue weighted by molar-refractivity contribution is -0.119. The molecule has 0 saturated heterocycles. The Balaban J connectivity index is 1.59. The van der Waals surface area contributed by atoms with E-state index in [0.717, 1.165) is 35.5 Å². The van der Waals surface area contributed by atoms with E-state index in [1.807, 2.05) is 60.0 Å². The molecule has 6 nitrogen and oxygen atoms in total. The van der Waals surface area contributed by atoms with Crippen molar-refractivity contribution in [3.8, 4) is 23.1 Å². The quantitative estimate of drug-likeness (QED) is 0.584. The highest BCUT2D eigenvalue weighted by Crippen LogP contribution is 2.39. The molecule has 0 bridgehead atoms. The Morgan fingerprint density at radius 3 is 2.67 bits per heavy atom. The van der Waals surface area contributed by atoms with Gasteiger partial charge in [0.05, 0.1) is 11.8 Å². The van der Waals surface area contributed by atoms with E-state index in [0.29, 0.717) is 5.16 Å². The second-order valence-corrected chi connectivity index (χ2v) is 8.71. The molecule has 1 N–H and O–H groups in total. The summed E-state index contributed by atoms with van der Waals surface area (Å²) in [7, 11) is 0. The molecule has 0 radical (unpaired) electrons. The van der Waals surface area contributed by atoms with Gasteiger partial charge in [-0.1, -0.05) is 53.7 Å². The number of aromatic nitrogens is 3. The van der Waals surface area contributed by atoms with E-state index < -0.39 is 5.54 Å². The summed E-state index contributed by atoms with van der Waals surface area (Å²) in [5.74, 6) is 0.976. The van der Waals surface area contributed by atoms with Crippen LogP contribution in [0.25, 0.3) is 17.1 Å². The number of aryl methyl sites for hydroxylation is 1. The predicted molar refractivity (Wildman–Crippen MR) is 117 cm³/mol. The molecule has 1 atom stereocenters. The Morgan fingerprint density at radius 1 is 1.23 bits per heavy atom. The number of benzene rings is 2. The smallest absolute Gasteiger partial charge is 0.231 e. The van der Waals surface area contributed by atoms with Crippen LogP contribution < -0.4 is 5.32 Å². The summed E-state index contributed by atoms with van der Waals surface area (Å²) in [6, 6.07) is 20.2. The highest BCUT2D eigenvalue weighted by Gasteiger charge is 2.43. The first-order valence-electron chi connectivity index (χ1n) is 9.93. The van der Waals surface area contributed by atoms with E-state index in [2.05, 4.69) is 27.6 Å². The first kappa shape index (κ1) is 20.2. The third kappa shape index (κ3) is 4.24. The van der Waals surface area contributed by atoms with Crippen LogP contribution in [0.15, 0.2) is 59.8 Å². The lowest BCUT2D eigenvalue weighted by Gasteiger charge is -2.22. The minimum atomic E-state index is -0.794. The van der Waals surface area contributed by atoms with Gasteiger partial charge < -0.3 is 5.32 Å². The lowest BCUT2D eigenvalue weighted by Crippen LogP contribution is -2.47. The monoisotopic (exact) mass is 417 g/mol. The standard InChI is InChI=1S/C23H23N5OS/c1-16-7-6-8-17(13-16)21-26-27-22(28(21)19-9-4-3-5-10-19)30-14-20(29)25-23(2,15-24)18-11-12-18/h3-10,13,18H,11-12,14H2,1-2H3,(H,25,29)/t23-/m0/s1. The van der Waals surface area contributed by atoms with Crippen molar-refractivity contribution in [1.82, 2.24) is 20.1 Å². The molecule has 152 valence electrons. The van der Waals surface area contributed by atoms with Crippen LogP contribution in [0.1, 0.15) is 25.3 Å². The highest BCUT2D eigenvalue weighted by molar-refractivity contribution is 7.99. The molecular formula is C23H23N5OS. The maximum atomic E-state index is 12.6. The number of para-hydroxylation sites is 1. The summed E-state index contributed by atoms with van der Waals surface area (Å²) in [5.41, 5.74) is 2.24. The third-order valence-corrected chi connectivity index (χ3v) is 6.21. The molecule has 1 fully saturated rings. The van der Waals surface area contributed by atoms with Gasteiger partial charge in [-0.05, 0) is 50.8 Å². The summed E-state index contributed by atoms with van der Waals surface area (Å²) < 4.78 is 1.97. The third-order valence-electron chi connectivity index (χ3n) is 5.28. The number of carbonyl (C=O) groups excluding carboxylic acids is 1. The molecule has 4 rings (SSSR count). The second-order valence-electron chi connectivity index (χ2n) is 7.77. The summed E-state index contributed by atoms with van der Waals surface area (Å²) in [5, 5.41) is 21.8. The van der Waals surface area contributed by atoms with E-state index in [1.54, 1.807) is 6.92 Å². The van der Waals surface area contributed by atoms with Gasteiger partial charge >= 0.3 is 0 Å². The number of nitriles is 1. The molecule has 1 amide bonds. The van der Waals surface area contributed by atoms with Gasteiger partial charge in [0.15, 0.2) is 11.0 Å². The molecule has 1 aliphatic carbocycles. The van der Waals surface area contributed by atoms with E-state index >= 15 is 0 Å². The van der Waals surface area contributed by atoms with Gasteiger partial charge in [0.25, 0.3) is 0 Å². The molecule has 0 aliphatic heterocycles. The Morgan fingerprint density at radius 2 is 2.00 bits per heavy atom. The number of carbonyl (C=O) groups is 1. The van der Waals surface area contributed by atoms with E-state index in [9.17, 15) is 10.1 Å². The van der Waals surface area contributed by atoms with Gasteiger partial charge in [-0.2, -0.15) is 5.26 Å². The topological polar surface area (TPSA) is 83.6 Å².